The minimum Gasteiger partial charge on any atom is -0.310 e. The van der Waals surface area contributed by atoms with Gasteiger partial charge in [-0.05, 0) is 36.9 Å². The largest absolute Gasteiger partial charge is 0.310 e. The molecule has 0 aliphatic heterocycles. The fourth-order valence-electron chi connectivity index (χ4n) is 2.27. The zero-order valence-electron chi connectivity index (χ0n) is 11.6. The van der Waals surface area contributed by atoms with E-state index in [2.05, 4.69) is 37.5 Å². The molecule has 2 heteroatoms. The minimum atomic E-state index is 0.585. The second-order valence-corrected chi connectivity index (χ2v) is 5.73. The molecule has 98 valence electrons. The Balaban J connectivity index is 2.36. The molecule has 1 aromatic rings. The van der Waals surface area contributed by atoms with Gasteiger partial charge in [0.15, 0.2) is 0 Å². The number of aryl methyl sites for hydroxylation is 1. The summed E-state index contributed by atoms with van der Waals surface area (Å²) in [5, 5.41) is 5.84. The van der Waals surface area contributed by atoms with Gasteiger partial charge in [-0.2, -0.15) is 0 Å². The van der Waals surface area contributed by atoms with Crippen LogP contribution in [0.15, 0.2) is 11.4 Å². The lowest BCUT2D eigenvalue weighted by molar-refractivity contribution is 0.483. The Labute approximate surface area is 111 Å². The highest BCUT2D eigenvalue weighted by atomic mass is 32.1. The van der Waals surface area contributed by atoms with Crippen LogP contribution in [0.25, 0.3) is 0 Å². The molecule has 1 heterocycles. The van der Waals surface area contributed by atoms with E-state index in [0.717, 1.165) is 6.54 Å². The van der Waals surface area contributed by atoms with Gasteiger partial charge in [-0.3, -0.25) is 0 Å². The monoisotopic (exact) mass is 253 g/mol. The number of hydrogen-bond acceptors (Lipinski definition) is 2. The first-order chi connectivity index (χ1) is 8.29. The van der Waals surface area contributed by atoms with Gasteiger partial charge >= 0.3 is 0 Å². The first kappa shape index (κ1) is 14.7. The van der Waals surface area contributed by atoms with Gasteiger partial charge in [0.2, 0.25) is 0 Å². The summed E-state index contributed by atoms with van der Waals surface area (Å²) in [6, 6.07) is 2.82. The maximum atomic E-state index is 3.63. The molecule has 1 unspecified atom stereocenters. The van der Waals surface area contributed by atoms with Crippen molar-refractivity contribution in [3.63, 3.8) is 0 Å². The lowest BCUT2D eigenvalue weighted by atomic mass is 10.0. The minimum absolute atomic E-state index is 0.585. The molecule has 1 rings (SSSR count). The first-order valence-electron chi connectivity index (χ1n) is 7.07. The van der Waals surface area contributed by atoms with Gasteiger partial charge in [-0.15, -0.1) is 11.3 Å². The third-order valence-corrected chi connectivity index (χ3v) is 4.40. The molecule has 0 spiro atoms. The predicted molar refractivity (Wildman–Crippen MR) is 78.8 cm³/mol. The number of hydrogen-bond donors (Lipinski definition) is 1. The second-order valence-electron chi connectivity index (χ2n) is 4.78. The topological polar surface area (TPSA) is 12.0 Å². The van der Waals surface area contributed by atoms with E-state index in [1.807, 2.05) is 11.3 Å². The molecule has 17 heavy (non-hydrogen) atoms. The molecule has 0 saturated heterocycles. The van der Waals surface area contributed by atoms with Crippen molar-refractivity contribution < 1.29 is 0 Å². The van der Waals surface area contributed by atoms with Crippen molar-refractivity contribution in [1.82, 2.24) is 5.32 Å². The highest BCUT2D eigenvalue weighted by molar-refractivity contribution is 7.10. The molecule has 0 amide bonds. The van der Waals surface area contributed by atoms with E-state index in [0.29, 0.717) is 6.04 Å². The van der Waals surface area contributed by atoms with Crippen LogP contribution in [0.1, 0.15) is 68.9 Å². The Morgan fingerprint density at radius 3 is 2.53 bits per heavy atom. The number of unbranched alkanes of at least 4 members (excludes halogenated alkanes) is 4. The smallest absolute Gasteiger partial charge is 0.0417 e. The van der Waals surface area contributed by atoms with E-state index in [4.69, 9.17) is 0 Å². The summed E-state index contributed by atoms with van der Waals surface area (Å²) in [5.74, 6) is 0. The zero-order chi connectivity index (χ0) is 12.5. The predicted octanol–water partition coefficient (Wildman–Crippen LogP) is 5.07. The van der Waals surface area contributed by atoms with Crippen molar-refractivity contribution in [3.05, 3.63) is 21.9 Å². The Hall–Kier alpha value is -0.340. The Morgan fingerprint density at radius 2 is 1.94 bits per heavy atom. The van der Waals surface area contributed by atoms with E-state index in [-0.39, 0.29) is 0 Å². The molecule has 0 fully saturated rings. The van der Waals surface area contributed by atoms with Crippen LogP contribution in [-0.2, 0) is 0 Å². The SMILES string of the molecule is CCCCCCCC(NCC)c1sccc1C. The van der Waals surface area contributed by atoms with E-state index < -0.39 is 0 Å². The number of thiophene rings is 1. The van der Waals surface area contributed by atoms with Crippen molar-refractivity contribution >= 4 is 11.3 Å². The van der Waals surface area contributed by atoms with Gasteiger partial charge in [0.05, 0.1) is 0 Å². The van der Waals surface area contributed by atoms with Crippen LogP contribution in [0.3, 0.4) is 0 Å². The summed E-state index contributed by atoms with van der Waals surface area (Å²) in [6.45, 7) is 7.77. The van der Waals surface area contributed by atoms with E-state index >= 15 is 0 Å². The first-order valence-corrected chi connectivity index (χ1v) is 7.94. The molecule has 0 radical (unpaired) electrons. The number of nitrogens with one attached hydrogen (secondary N) is 1. The van der Waals surface area contributed by atoms with Crippen LogP contribution in [-0.4, -0.2) is 6.54 Å². The fourth-order valence-corrected chi connectivity index (χ4v) is 3.30. The maximum Gasteiger partial charge on any atom is 0.0417 e. The molecule has 0 aliphatic rings. The summed E-state index contributed by atoms with van der Waals surface area (Å²) in [5.41, 5.74) is 1.45. The van der Waals surface area contributed by atoms with Crippen LogP contribution in [0.5, 0.6) is 0 Å². The molecule has 1 atom stereocenters. The molecule has 0 aromatic carbocycles. The molecule has 1 N–H and O–H groups in total. The summed E-state index contributed by atoms with van der Waals surface area (Å²) in [4.78, 5) is 1.54. The quantitative estimate of drug-likeness (QED) is 0.606. The Morgan fingerprint density at radius 1 is 1.18 bits per heavy atom. The van der Waals surface area contributed by atoms with Crippen molar-refractivity contribution in [3.8, 4) is 0 Å². The number of rotatable bonds is 9. The fraction of sp³-hybridized carbons (Fsp3) is 0.733. The van der Waals surface area contributed by atoms with Crippen molar-refractivity contribution in [1.29, 1.82) is 0 Å². The van der Waals surface area contributed by atoms with Crippen molar-refractivity contribution in [2.45, 2.75) is 65.3 Å². The van der Waals surface area contributed by atoms with Crippen LogP contribution < -0.4 is 5.32 Å². The molecule has 0 bridgehead atoms. The van der Waals surface area contributed by atoms with E-state index in [1.54, 1.807) is 4.88 Å². The van der Waals surface area contributed by atoms with Gasteiger partial charge in [0.25, 0.3) is 0 Å². The highest BCUT2D eigenvalue weighted by Crippen LogP contribution is 2.27. The average Bonchev–Trinajstić information content (AvgIpc) is 2.74. The van der Waals surface area contributed by atoms with Crippen LogP contribution >= 0.6 is 11.3 Å². The average molecular weight is 253 g/mol. The van der Waals surface area contributed by atoms with Crippen molar-refractivity contribution in [2.75, 3.05) is 6.54 Å². The van der Waals surface area contributed by atoms with Gasteiger partial charge in [0, 0.05) is 10.9 Å². The lowest BCUT2D eigenvalue weighted by Gasteiger charge is -2.17. The van der Waals surface area contributed by atoms with E-state index in [9.17, 15) is 0 Å². The van der Waals surface area contributed by atoms with Crippen LogP contribution in [0, 0.1) is 6.92 Å². The van der Waals surface area contributed by atoms with E-state index in [1.165, 1.54) is 44.1 Å². The highest BCUT2D eigenvalue weighted by Gasteiger charge is 2.13. The van der Waals surface area contributed by atoms with Crippen LogP contribution in [0.2, 0.25) is 0 Å². The maximum absolute atomic E-state index is 3.63. The zero-order valence-corrected chi connectivity index (χ0v) is 12.4. The molecule has 1 nitrogen and oxygen atoms in total. The summed E-state index contributed by atoms with van der Waals surface area (Å²) in [6.07, 6.45) is 8.16. The van der Waals surface area contributed by atoms with Gasteiger partial charge in [-0.1, -0.05) is 46.0 Å². The molecule has 0 saturated carbocycles. The third-order valence-electron chi connectivity index (χ3n) is 3.27. The summed E-state index contributed by atoms with van der Waals surface area (Å²) >= 11 is 1.90. The molecule has 1 aromatic heterocycles. The third kappa shape index (κ3) is 5.22. The summed E-state index contributed by atoms with van der Waals surface area (Å²) < 4.78 is 0. The Bertz CT molecular complexity index is 293. The van der Waals surface area contributed by atoms with Crippen LogP contribution in [0.4, 0.5) is 0 Å². The summed E-state index contributed by atoms with van der Waals surface area (Å²) in [7, 11) is 0. The van der Waals surface area contributed by atoms with Crippen molar-refractivity contribution in [2.24, 2.45) is 0 Å². The Kier molecular flexibility index (Phi) is 7.54. The normalized spacial score (nSPS) is 12.9. The van der Waals surface area contributed by atoms with Gasteiger partial charge in [0.1, 0.15) is 0 Å². The second kappa shape index (κ2) is 8.71. The molecular formula is C15H27NS. The molecule has 0 aliphatic carbocycles. The van der Waals surface area contributed by atoms with Gasteiger partial charge < -0.3 is 5.32 Å². The van der Waals surface area contributed by atoms with Gasteiger partial charge in [-0.25, -0.2) is 0 Å². The lowest BCUT2D eigenvalue weighted by Crippen LogP contribution is -2.20. The molecular weight excluding hydrogens is 226 g/mol. The standard InChI is InChI=1S/C15H27NS/c1-4-6-7-8-9-10-14(16-5-2)15-13(3)11-12-17-15/h11-12,14,16H,4-10H2,1-3H3.